The lowest BCUT2D eigenvalue weighted by atomic mass is 10.1. The van der Waals surface area contributed by atoms with Crippen LogP contribution in [-0.4, -0.2) is 29.0 Å². The van der Waals surface area contributed by atoms with Gasteiger partial charge in [-0.3, -0.25) is 4.98 Å². The van der Waals surface area contributed by atoms with Gasteiger partial charge in [-0.2, -0.15) is 0 Å². The fourth-order valence-electron chi connectivity index (χ4n) is 2.68. The molecule has 0 unspecified atom stereocenters. The van der Waals surface area contributed by atoms with Crippen molar-refractivity contribution in [3.63, 3.8) is 0 Å². The van der Waals surface area contributed by atoms with Gasteiger partial charge in [-0.1, -0.05) is 38.0 Å². The molecule has 0 bridgehead atoms. The molecule has 0 aliphatic carbocycles. The molecule has 1 aliphatic rings. The molecule has 23 heavy (non-hydrogen) atoms. The SMILES string of the molecule is CCCCCCC#Cc1cncc(NC(=O)N2CCCCC2)c1. The van der Waals surface area contributed by atoms with E-state index in [-0.39, 0.29) is 6.03 Å². The van der Waals surface area contributed by atoms with Gasteiger partial charge in [-0.15, -0.1) is 0 Å². The zero-order chi connectivity index (χ0) is 16.3. The molecular weight excluding hydrogens is 286 g/mol. The first-order valence-corrected chi connectivity index (χ1v) is 8.79. The van der Waals surface area contributed by atoms with Gasteiger partial charge >= 0.3 is 6.03 Å². The smallest absolute Gasteiger partial charge is 0.321 e. The number of piperidine rings is 1. The summed E-state index contributed by atoms with van der Waals surface area (Å²) in [6, 6.07) is 1.87. The number of pyridine rings is 1. The molecule has 1 aromatic heterocycles. The van der Waals surface area contributed by atoms with E-state index in [9.17, 15) is 4.79 Å². The Balaban J connectivity index is 1.84. The molecule has 2 heterocycles. The van der Waals surface area contributed by atoms with Crippen LogP contribution < -0.4 is 5.32 Å². The molecule has 2 amide bonds. The number of rotatable bonds is 5. The third-order valence-corrected chi connectivity index (χ3v) is 4.02. The van der Waals surface area contributed by atoms with Gasteiger partial charge < -0.3 is 10.2 Å². The minimum absolute atomic E-state index is 0.0313. The number of amides is 2. The number of hydrogen-bond donors (Lipinski definition) is 1. The van der Waals surface area contributed by atoms with Crippen molar-refractivity contribution in [2.24, 2.45) is 0 Å². The van der Waals surface area contributed by atoms with Gasteiger partial charge in [0.2, 0.25) is 0 Å². The molecule has 0 aromatic carbocycles. The number of nitrogens with one attached hydrogen (secondary N) is 1. The first kappa shape index (κ1) is 17.3. The highest BCUT2D eigenvalue weighted by Crippen LogP contribution is 2.13. The summed E-state index contributed by atoms with van der Waals surface area (Å²) < 4.78 is 0. The predicted molar refractivity (Wildman–Crippen MR) is 94.3 cm³/mol. The second-order valence-corrected chi connectivity index (χ2v) is 6.05. The molecule has 0 saturated carbocycles. The van der Waals surface area contributed by atoms with E-state index in [1.165, 1.54) is 25.7 Å². The summed E-state index contributed by atoms with van der Waals surface area (Å²) in [5.74, 6) is 6.33. The average molecular weight is 313 g/mol. The van der Waals surface area contributed by atoms with Crippen molar-refractivity contribution < 1.29 is 4.79 Å². The molecule has 1 aliphatic heterocycles. The Kier molecular flexibility index (Phi) is 7.45. The number of carbonyl (C=O) groups excluding carboxylic acids is 1. The number of urea groups is 1. The maximum Gasteiger partial charge on any atom is 0.321 e. The molecular formula is C19H27N3O. The monoisotopic (exact) mass is 313 g/mol. The zero-order valence-corrected chi connectivity index (χ0v) is 14.1. The Morgan fingerprint density at radius 1 is 1.22 bits per heavy atom. The fourth-order valence-corrected chi connectivity index (χ4v) is 2.68. The normalized spacial score (nSPS) is 14.0. The summed E-state index contributed by atoms with van der Waals surface area (Å²) >= 11 is 0. The average Bonchev–Trinajstić information content (AvgIpc) is 2.59. The van der Waals surface area contributed by atoms with Crippen LogP contribution in [0.5, 0.6) is 0 Å². The van der Waals surface area contributed by atoms with Gasteiger partial charge in [0, 0.05) is 31.3 Å². The Morgan fingerprint density at radius 2 is 2.04 bits per heavy atom. The molecule has 0 radical (unpaired) electrons. The molecule has 1 saturated heterocycles. The van der Waals surface area contributed by atoms with Gasteiger partial charge in [0.25, 0.3) is 0 Å². The summed E-state index contributed by atoms with van der Waals surface area (Å²) in [5.41, 5.74) is 1.58. The Morgan fingerprint density at radius 3 is 2.83 bits per heavy atom. The molecule has 124 valence electrons. The second kappa shape index (κ2) is 9.89. The number of carbonyl (C=O) groups is 1. The number of aromatic nitrogens is 1. The van der Waals surface area contributed by atoms with Crippen LogP contribution in [0.1, 0.15) is 63.9 Å². The summed E-state index contributed by atoms with van der Waals surface area (Å²) in [6.45, 7) is 3.90. The topological polar surface area (TPSA) is 45.2 Å². The molecule has 0 spiro atoms. The van der Waals surface area contributed by atoms with Gasteiger partial charge in [-0.05, 0) is 31.7 Å². The van der Waals surface area contributed by atoms with Crippen molar-refractivity contribution in [2.75, 3.05) is 18.4 Å². The van der Waals surface area contributed by atoms with E-state index >= 15 is 0 Å². The van der Waals surface area contributed by atoms with E-state index in [1.807, 2.05) is 11.0 Å². The molecule has 1 fully saturated rings. The van der Waals surface area contributed by atoms with E-state index in [4.69, 9.17) is 0 Å². The quantitative estimate of drug-likeness (QED) is 0.646. The molecule has 0 atom stereocenters. The molecule has 2 rings (SSSR count). The number of unbranched alkanes of at least 4 members (excludes halogenated alkanes) is 4. The highest BCUT2D eigenvalue weighted by molar-refractivity contribution is 5.89. The maximum absolute atomic E-state index is 12.2. The Labute approximate surface area is 139 Å². The van der Waals surface area contributed by atoms with Gasteiger partial charge in [0.05, 0.1) is 11.9 Å². The zero-order valence-electron chi connectivity index (χ0n) is 14.1. The minimum atomic E-state index is -0.0313. The highest BCUT2D eigenvalue weighted by Gasteiger charge is 2.16. The van der Waals surface area contributed by atoms with Crippen LogP contribution in [0.15, 0.2) is 18.5 Å². The van der Waals surface area contributed by atoms with Crippen molar-refractivity contribution in [3.05, 3.63) is 24.0 Å². The molecule has 1 N–H and O–H groups in total. The third-order valence-electron chi connectivity index (χ3n) is 4.02. The molecule has 4 nitrogen and oxygen atoms in total. The summed E-state index contributed by atoms with van der Waals surface area (Å²) in [5, 5.41) is 2.93. The third kappa shape index (κ3) is 6.32. The lowest BCUT2D eigenvalue weighted by Crippen LogP contribution is -2.38. The van der Waals surface area contributed by atoms with Crippen molar-refractivity contribution >= 4 is 11.7 Å². The van der Waals surface area contributed by atoms with Crippen LogP contribution >= 0.6 is 0 Å². The standard InChI is InChI=1S/C19H27N3O/c1-2-3-4-5-6-8-11-17-14-18(16-20-15-17)21-19(23)22-12-9-7-10-13-22/h14-16H,2-7,9-10,12-13H2,1H3,(H,21,23). The summed E-state index contributed by atoms with van der Waals surface area (Å²) in [7, 11) is 0. The summed E-state index contributed by atoms with van der Waals surface area (Å²) in [4.78, 5) is 18.2. The fraction of sp³-hybridized carbons (Fsp3) is 0.579. The van der Waals surface area contributed by atoms with Crippen molar-refractivity contribution in [1.29, 1.82) is 0 Å². The van der Waals surface area contributed by atoms with Crippen LogP contribution in [-0.2, 0) is 0 Å². The minimum Gasteiger partial charge on any atom is -0.325 e. The number of anilines is 1. The predicted octanol–water partition coefficient (Wildman–Crippen LogP) is 4.42. The first-order chi connectivity index (χ1) is 11.3. The van der Waals surface area contributed by atoms with Gasteiger partial charge in [0.1, 0.15) is 0 Å². The van der Waals surface area contributed by atoms with E-state index < -0.39 is 0 Å². The van der Waals surface area contributed by atoms with Crippen molar-refractivity contribution in [2.45, 2.75) is 58.3 Å². The Hall–Kier alpha value is -2.02. The lowest BCUT2D eigenvalue weighted by molar-refractivity contribution is 0.200. The van der Waals surface area contributed by atoms with E-state index in [2.05, 4.69) is 29.1 Å². The van der Waals surface area contributed by atoms with E-state index in [1.54, 1.807) is 12.4 Å². The number of likely N-dealkylation sites (tertiary alicyclic amines) is 1. The van der Waals surface area contributed by atoms with Crippen LogP contribution in [0.25, 0.3) is 0 Å². The van der Waals surface area contributed by atoms with Gasteiger partial charge in [0.15, 0.2) is 0 Å². The highest BCUT2D eigenvalue weighted by atomic mass is 16.2. The maximum atomic E-state index is 12.2. The van der Waals surface area contributed by atoms with E-state index in [0.29, 0.717) is 0 Å². The number of hydrogen-bond acceptors (Lipinski definition) is 2. The second-order valence-electron chi connectivity index (χ2n) is 6.05. The summed E-state index contributed by atoms with van der Waals surface area (Å²) in [6.07, 6.45) is 12.7. The number of nitrogens with zero attached hydrogens (tertiary/aromatic N) is 2. The largest absolute Gasteiger partial charge is 0.325 e. The Bertz CT molecular complexity index is 553. The lowest BCUT2D eigenvalue weighted by Gasteiger charge is -2.26. The van der Waals surface area contributed by atoms with Crippen molar-refractivity contribution in [1.82, 2.24) is 9.88 Å². The van der Waals surface area contributed by atoms with Crippen LogP contribution in [0.2, 0.25) is 0 Å². The van der Waals surface area contributed by atoms with Crippen LogP contribution in [0.3, 0.4) is 0 Å². The van der Waals surface area contributed by atoms with E-state index in [0.717, 1.165) is 50.0 Å². The van der Waals surface area contributed by atoms with Crippen LogP contribution in [0, 0.1) is 11.8 Å². The molecule has 4 heteroatoms. The van der Waals surface area contributed by atoms with Gasteiger partial charge in [-0.25, -0.2) is 4.79 Å². The van der Waals surface area contributed by atoms with Crippen LogP contribution in [0.4, 0.5) is 10.5 Å². The first-order valence-electron chi connectivity index (χ1n) is 8.79. The van der Waals surface area contributed by atoms with Crippen molar-refractivity contribution in [3.8, 4) is 11.8 Å². The molecule has 1 aromatic rings.